The average Bonchev–Trinajstić information content (AvgIpc) is 2.41. The van der Waals surface area contributed by atoms with Gasteiger partial charge in [-0.3, -0.25) is 4.99 Å². The van der Waals surface area contributed by atoms with Crippen molar-refractivity contribution in [2.24, 2.45) is 10.7 Å². The van der Waals surface area contributed by atoms with Gasteiger partial charge in [-0.25, -0.2) is 0 Å². The number of methoxy groups -OCH3 is 1. The Labute approximate surface area is 142 Å². The molecule has 5 heteroatoms. The van der Waals surface area contributed by atoms with Crippen molar-refractivity contribution in [3.8, 4) is 0 Å². The standard InChI is InChI=1S/C15H33N3O.HI/c1-3-4-5-6-7-9-12-17-15(16)18-13-10-8-11-14-19-2;/h3-14H2,1-2H3,(H3,16,17,18);1H. The quantitative estimate of drug-likeness (QED) is 0.215. The molecule has 0 aliphatic rings. The Hall–Kier alpha value is -0.0400. The molecule has 4 nitrogen and oxygen atoms in total. The number of guanidine groups is 1. The predicted molar refractivity (Wildman–Crippen MR) is 99.0 cm³/mol. The van der Waals surface area contributed by atoms with Crippen LogP contribution in [0.25, 0.3) is 0 Å². The lowest BCUT2D eigenvalue weighted by atomic mass is 10.1. The highest BCUT2D eigenvalue weighted by Gasteiger charge is 1.93. The van der Waals surface area contributed by atoms with E-state index < -0.39 is 0 Å². The minimum atomic E-state index is 0. The lowest BCUT2D eigenvalue weighted by molar-refractivity contribution is 0.192. The molecule has 0 atom stereocenters. The Kier molecular flexibility index (Phi) is 21.1. The maximum absolute atomic E-state index is 5.79. The lowest BCUT2D eigenvalue weighted by Gasteiger charge is -2.05. The number of nitrogens with two attached hydrogens (primary N) is 1. The summed E-state index contributed by atoms with van der Waals surface area (Å²) < 4.78 is 5.00. The van der Waals surface area contributed by atoms with E-state index in [4.69, 9.17) is 10.5 Å². The number of ether oxygens (including phenoxy) is 1. The molecule has 0 bridgehead atoms. The Balaban J connectivity index is 0. The highest BCUT2D eigenvalue weighted by atomic mass is 127. The zero-order valence-electron chi connectivity index (χ0n) is 13.3. The van der Waals surface area contributed by atoms with Crippen molar-refractivity contribution in [1.82, 2.24) is 5.32 Å². The molecule has 0 aromatic carbocycles. The van der Waals surface area contributed by atoms with Gasteiger partial charge in [-0.15, -0.1) is 24.0 Å². The summed E-state index contributed by atoms with van der Waals surface area (Å²) in [6.07, 6.45) is 11.2. The van der Waals surface area contributed by atoms with Gasteiger partial charge in [-0.2, -0.15) is 0 Å². The van der Waals surface area contributed by atoms with Crippen LogP contribution >= 0.6 is 24.0 Å². The molecule has 3 N–H and O–H groups in total. The molecule has 0 saturated carbocycles. The smallest absolute Gasteiger partial charge is 0.188 e. The molecule has 20 heavy (non-hydrogen) atoms. The highest BCUT2D eigenvalue weighted by molar-refractivity contribution is 14.0. The highest BCUT2D eigenvalue weighted by Crippen LogP contribution is 2.03. The van der Waals surface area contributed by atoms with Crippen molar-refractivity contribution in [2.45, 2.75) is 64.7 Å². The summed E-state index contributed by atoms with van der Waals surface area (Å²) in [5.41, 5.74) is 5.79. The minimum Gasteiger partial charge on any atom is -0.385 e. The van der Waals surface area contributed by atoms with Crippen LogP contribution < -0.4 is 11.1 Å². The van der Waals surface area contributed by atoms with E-state index in [1.54, 1.807) is 7.11 Å². The average molecular weight is 399 g/mol. The van der Waals surface area contributed by atoms with Crippen LogP contribution in [0.5, 0.6) is 0 Å². The third kappa shape index (κ3) is 18.0. The third-order valence-electron chi connectivity index (χ3n) is 3.13. The molecule has 0 fully saturated rings. The summed E-state index contributed by atoms with van der Waals surface area (Å²) >= 11 is 0. The van der Waals surface area contributed by atoms with E-state index >= 15 is 0 Å². The van der Waals surface area contributed by atoms with Crippen LogP contribution in [0.1, 0.15) is 64.7 Å². The Morgan fingerprint density at radius 3 is 2.35 bits per heavy atom. The van der Waals surface area contributed by atoms with Crippen molar-refractivity contribution in [3.63, 3.8) is 0 Å². The molecular weight excluding hydrogens is 365 g/mol. The first-order chi connectivity index (χ1) is 9.31. The van der Waals surface area contributed by atoms with Gasteiger partial charge in [0.2, 0.25) is 0 Å². The first kappa shape index (κ1) is 22.2. The van der Waals surface area contributed by atoms with Crippen molar-refractivity contribution >= 4 is 29.9 Å². The largest absolute Gasteiger partial charge is 0.385 e. The van der Waals surface area contributed by atoms with E-state index in [1.807, 2.05) is 0 Å². The normalized spacial score (nSPS) is 11.2. The maximum atomic E-state index is 5.79. The molecule has 0 heterocycles. The maximum Gasteiger partial charge on any atom is 0.188 e. The van der Waals surface area contributed by atoms with Gasteiger partial charge >= 0.3 is 0 Å². The molecule has 0 aromatic rings. The monoisotopic (exact) mass is 399 g/mol. The molecule has 0 aromatic heterocycles. The summed E-state index contributed by atoms with van der Waals surface area (Å²) in [5, 5.41) is 3.18. The Bertz CT molecular complexity index is 213. The van der Waals surface area contributed by atoms with Gasteiger partial charge in [0, 0.05) is 26.8 Å². The van der Waals surface area contributed by atoms with Crippen LogP contribution in [0.3, 0.4) is 0 Å². The lowest BCUT2D eigenvalue weighted by Crippen LogP contribution is -2.32. The van der Waals surface area contributed by atoms with Gasteiger partial charge in [0.25, 0.3) is 0 Å². The van der Waals surface area contributed by atoms with Crippen molar-refractivity contribution in [1.29, 1.82) is 0 Å². The number of hydrogen-bond acceptors (Lipinski definition) is 2. The summed E-state index contributed by atoms with van der Waals surface area (Å²) in [7, 11) is 1.74. The summed E-state index contributed by atoms with van der Waals surface area (Å²) in [6, 6.07) is 0. The predicted octanol–water partition coefficient (Wildman–Crippen LogP) is 3.69. The summed E-state index contributed by atoms with van der Waals surface area (Å²) in [5.74, 6) is 0.597. The zero-order valence-corrected chi connectivity index (χ0v) is 15.7. The fraction of sp³-hybridized carbons (Fsp3) is 0.933. The van der Waals surface area contributed by atoms with E-state index in [-0.39, 0.29) is 24.0 Å². The van der Waals surface area contributed by atoms with Gasteiger partial charge in [0.1, 0.15) is 0 Å². The van der Waals surface area contributed by atoms with Gasteiger partial charge in [0.15, 0.2) is 5.96 Å². The SMILES string of the molecule is CCCCCCCCNC(N)=NCCCCCOC.I. The van der Waals surface area contributed by atoms with Crippen molar-refractivity contribution in [3.05, 3.63) is 0 Å². The van der Waals surface area contributed by atoms with Crippen LogP contribution in [0.2, 0.25) is 0 Å². The number of nitrogens with one attached hydrogen (secondary N) is 1. The van der Waals surface area contributed by atoms with E-state index in [9.17, 15) is 0 Å². The van der Waals surface area contributed by atoms with Crippen LogP contribution in [-0.2, 0) is 4.74 Å². The minimum absolute atomic E-state index is 0. The molecule has 0 spiro atoms. The summed E-state index contributed by atoms with van der Waals surface area (Å²) in [4.78, 5) is 4.31. The molecule has 0 amide bonds. The second-order valence-electron chi connectivity index (χ2n) is 5.01. The molecule has 0 rings (SSSR count). The fourth-order valence-corrected chi connectivity index (χ4v) is 1.91. The number of halogens is 1. The molecule has 0 aliphatic carbocycles. The van der Waals surface area contributed by atoms with E-state index in [1.165, 1.54) is 38.5 Å². The van der Waals surface area contributed by atoms with Gasteiger partial charge in [-0.1, -0.05) is 39.0 Å². The molecule has 0 unspecified atom stereocenters. The van der Waals surface area contributed by atoms with Crippen molar-refractivity contribution in [2.75, 3.05) is 26.8 Å². The van der Waals surface area contributed by atoms with Crippen LogP contribution in [0.15, 0.2) is 4.99 Å². The Morgan fingerprint density at radius 1 is 1.00 bits per heavy atom. The number of aliphatic imine (C=N–C) groups is 1. The fourth-order valence-electron chi connectivity index (χ4n) is 1.91. The van der Waals surface area contributed by atoms with Crippen LogP contribution in [0, 0.1) is 0 Å². The molecular formula is C15H34IN3O. The number of nitrogens with zero attached hydrogens (tertiary/aromatic N) is 1. The van der Waals surface area contributed by atoms with E-state index in [0.717, 1.165) is 39.0 Å². The number of rotatable bonds is 13. The number of hydrogen-bond donors (Lipinski definition) is 2. The van der Waals surface area contributed by atoms with Crippen LogP contribution in [-0.4, -0.2) is 32.8 Å². The van der Waals surface area contributed by atoms with Gasteiger partial charge in [-0.05, 0) is 25.7 Å². The first-order valence-corrected chi connectivity index (χ1v) is 7.84. The van der Waals surface area contributed by atoms with E-state index in [2.05, 4.69) is 17.2 Å². The zero-order chi connectivity index (χ0) is 14.2. The summed E-state index contributed by atoms with van der Waals surface area (Å²) in [6.45, 7) is 4.85. The van der Waals surface area contributed by atoms with Gasteiger partial charge < -0.3 is 15.8 Å². The second-order valence-corrected chi connectivity index (χ2v) is 5.01. The topological polar surface area (TPSA) is 59.6 Å². The molecule has 0 aliphatic heterocycles. The first-order valence-electron chi connectivity index (χ1n) is 7.84. The number of unbranched alkanes of at least 4 members (excludes halogenated alkanes) is 7. The van der Waals surface area contributed by atoms with Gasteiger partial charge in [0.05, 0.1) is 0 Å². The van der Waals surface area contributed by atoms with Crippen LogP contribution in [0.4, 0.5) is 0 Å². The molecule has 122 valence electrons. The van der Waals surface area contributed by atoms with Crippen molar-refractivity contribution < 1.29 is 4.74 Å². The third-order valence-corrected chi connectivity index (χ3v) is 3.13. The molecule has 0 radical (unpaired) electrons. The molecule has 0 saturated heterocycles. The second kappa shape index (κ2) is 19.0. The van der Waals surface area contributed by atoms with E-state index in [0.29, 0.717) is 5.96 Å². The Morgan fingerprint density at radius 2 is 1.65 bits per heavy atom.